The van der Waals surface area contributed by atoms with Gasteiger partial charge < -0.3 is 14.6 Å². The lowest BCUT2D eigenvalue weighted by atomic mass is 10.3. The number of oxazole rings is 1. The lowest BCUT2D eigenvalue weighted by Crippen LogP contribution is -2.13. The van der Waals surface area contributed by atoms with Crippen molar-refractivity contribution >= 4 is 33.1 Å². The standard InChI is InChI=1S/C14H16N6O3S/c1-20(2)13-16-6-9(7-17-13)8-18-14-19-11-5-10(24(15,21)22)3-4-12(11)23-14/h3-7H,8H2,1-2H3,(H,18,19)(H2,15,21,22). The van der Waals surface area contributed by atoms with E-state index >= 15 is 0 Å². The van der Waals surface area contributed by atoms with Crippen LogP contribution >= 0.6 is 0 Å². The minimum absolute atomic E-state index is 0.0116. The average molecular weight is 348 g/mol. The lowest BCUT2D eigenvalue weighted by molar-refractivity contribution is 0.598. The van der Waals surface area contributed by atoms with Crippen LogP contribution in [0.2, 0.25) is 0 Å². The molecule has 0 radical (unpaired) electrons. The van der Waals surface area contributed by atoms with Crippen LogP contribution in [0.15, 0.2) is 39.9 Å². The number of hydrogen-bond donors (Lipinski definition) is 2. The Morgan fingerprint density at radius 3 is 2.58 bits per heavy atom. The molecule has 2 aromatic heterocycles. The summed E-state index contributed by atoms with van der Waals surface area (Å²) in [4.78, 5) is 14.4. The van der Waals surface area contributed by atoms with E-state index in [4.69, 9.17) is 9.56 Å². The molecule has 10 heteroatoms. The first kappa shape index (κ1) is 16.1. The number of nitrogens with one attached hydrogen (secondary N) is 1. The number of nitrogens with zero attached hydrogens (tertiary/aromatic N) is 4. The second-order valence-corrected chi connectivity index (χ2v) is 6.89. The van der Waals surface area contributed by atoms with Crippen LogP contribution in [0.4, 0.5) is 12.0 Å². The fraction of sp³-hybridized carbons (Fsp3) is 0.214. The predicted octanol–water partition coefficient (Wildman–Crippen LogP) is 0.943. The Morgan fingerprint density at radius 1 is 1.25 bits per heavy atom. The molecular formula is C14H16N6O3S. The highest BCUT2D eigenvalue weighted by Crippen LogP contribution is 2.22. The number of primary sulfonamides is 1. The second-order valence-electron chi connectivity index (χ2n) is 5.33. The van der Waals surface area contributed by atoms with Gasteiger partial charge in [0, 0.05) is 38.6 Å². The Bertz CT molecular complexity index is 966. The summed E-state index contributed by atoms with van der Waals surface area (Å²) in [5, 5.41) is 8.11. The van der Waals surface area contributed by atoms with Gasteiger partial charge in [0.1, 0.15) is 5.52 Å². The normalized spacial score (nSPS) is 11.6. The number of sulfonamides is 1. The van der Waals surface area contributed by atoms with Crippen molar-refractivity contribution in [2.24, 2.45) is 5.14 Å². The number of fused-ring (bicyclic) bond motifs is 1. The van der Waals surface area contributed by atoms with Crippen LogP contribution in [0.25, 0.3) is 11.1 Å². The minimum Gasteiger partial charge on any atom is -0.424 e. The van der Waals surface area contributed by atoms with Gasteiger partial charge in [0.15, 0.2) is 5.58 Å². The first-order chi connectivity index (χ1) is 11.3. The smallest absolute Gasteiger partial charge is 0.295 e. The van der Waals surface area contributed by atoms with Crippen molar-refractivity contribution in [3.63, 3.8) is 0 Å². The summed E-state index contributed by atoms with van der Waals surface area (Å²) in [6, 6.07) is 4.53. The third kappa shape index (κ3) is 3.44. The van der Waals surface area contributed by atoms with Gasteiger partial charge in [-0.15, -0.1) is 0 Å². The monoisotopic (exact) mass is 348 g/mol. The maximum absolute atomic E-state index is 11.4. The summed E-state index contributed by atoms with van der Waals surface area (Å²) in [7, 11) is -0.0491. The van der Waals surface area contributed by atoms with E-state index in [1.165, 1.54) is 18.2 Å². The van der Waals surface area contributed by atoms with E-state index in [-0.39, 0.29) is 10.9 Å². The zero-order valence-corrected chi connectivity index (χ0v) is 13.9. The molecule has 0 fully saturated rings. The zero-order chi connectivity index (χ0) is 17.3. The maximum atomic E-state index is 11.4. The third-order valence-electron chi connectivity index (χ3n) is 3.22. The second kappa shape index (κ2) is 6.06. The largest absolute Gasteiger partial charge is 0.424 e. The average Bonchev–Trinajstić information content (AvgIpc) is 2.94. The molecule has 3 N–H and O–H groups in total. The Balaban J connectivity index is 1.75. The maximum Gasteiger partial charge on any atom is 0.295 e. The SMILES string of the molecule is CN(C)c1ncc(CNc2nc3cc(S(N)(=O)=O)ccc3o2)cn1. The Hall–Kier alpha value is -2.72. The predicted molar refractivity (Wildman–Crippen MR) is 89.1 cm³/mol. The number of aromatic nitrogens is 3. The molecular weight excluding hydrogens is 332 g/mol. The number of rotatable bonds is 5. The molecule has 0 saturated heterocycles. The van der Waals surface area contributed by atoms with Crippen molar-refractivity contribution < 1.29 is 12.8 Å². The van der Waals surface area contributed by atoms with Crippen LogP contribution in [0.3, 0.4) is 0 Å². The Morgan fingerprint density at radius 2 is 1.96 bits per heavy atom. The number of hydrogen-bond acceptors (Lipinski definition) is 8. The van der Waals surface area contributed by atoms with E-state index in [0.717, 1.165) is 5.56 Å². The third-order valence-corrected chi connectivity index (χ3v) is 4.13. The first-order valence-corrected chi connectivity index (χ1v) is 8.53. The number of anilines is 2. The van der Waals surface area contributed by atoms with Gasteiger partial charge in [0.25, 0.3) is 6.01 Å². The molecule has 0 aliphatic carbocycles. The van der Waals surface area contributed by atoms with Crippen molar-refractivity contribution in [3.8, 4) is 0 Å². The van der Waals surface area contributed by atoms with Crippen LogP contribution < -0.4 is 15.4 Å². The highest BCUT2D eigenvalue weighted by Gasteiger charge is 2.12. The summed E-state index contributed by atoms with van der Waals surface area (Å²) in [5.41, 5.74) is 1.72. The van der Waals surface area contributed by atoms with Crippen molar-refractivity contribution in [3.05, 3.63) is 36.2 Å². The Kier molecular flexibility index (Phi) is 4.08. The molecule has 24 heavy (non-hydrogen) atoms. The van der Waals surface area contributed by atoms with Gasteiger partial charge in [-0.05, 0) is 18.2 Å². The highest BCUT2D eigenvalue weighted by molar-refractivity contribution is 7.89. The molecule has 0 aliphatic rings. The molecule has 0 saturated carbocycles. The fourth-order valence-corrected chi connectivity index (χ4v) is 2.54. The molecule has 3 rings (SSSR count). The van der Waals surface area contributed by atoms with Gasteiger partial charge in [0.2, 0.25) is 16.0 Å². The van der Waals surface area contributed by atoms with Crippen LogP contribution in [-0.4, -0.2) is 37.5 Å². The lowest BCUT2D eigenvalue weighted by Gasteiger charge is -2.09. The molecule has 0 atom stereocenters. The first-order valence-electron chi connectivity index (χ1n) is 6.98. The fourth-order valence-electron chi connectivity index (χ4n) is 2.01. The van der Waals surface area contributed by atoms with Crippen LogP contribution in [-0.2, 0) is 16.6 Å². The van der Waals surface area contributed by atoms with Gasteiger partial charge >= 0.3 is 0 Å². The molecule has 126 valence electrons. The number of benzene rings is 1. The molecule has 0 amide bonds. The van der Waals surface area contributed by atoms with Gasteiger partial charge in [0.05, 0.1) is 4.90 Å². The van der Waals surface area contributed by atoms with Gasteiger partial charge in [-0.25, -0.2) is 23.5 Å². The molecule has 0 spiro atoms. The van der Waals surface area contributed by atoms with Crippen molar-refractivity contribution in [1.29, 1.82) is 0 Å². The van der Waals surface area contributed by atoms with Crippen molar-refractivity contribution in [1.82, 2.24) is 15.0 Å². The van der Waals surface area contributed by atoms with Gasteiger partial charge in [-0.3, -0.25) is 0 Å². The van der Waals surface area contributed by atoms with Crippen molar-refractivity contribution in [2.75, 3.05) is 24.3 Å². The van der Waals surface area contributed by atoms with Crippen LogP contribution in [0.5, 0.6) is 0 Å². The van der Waals surface area contributed by atoms with E-state index < -0.39 is 10.0 Å². The van der Waals surface area contributed by atoms with E-state index in [0.29, 0.717) is 23.6 Å². The van der Waals surface area contributed by atoms with E-state index in [2.05, 4.69) is 20.3 Å². The van der Waals surface area contributed by atoms with E-state index in [9.17, 15) is 8.42 Å². The molecule has 0 bridgehead atoms. The summed E-state index contributed by atoms with van der Waals surface area (Å²) in [6.07, 6.45) is 3.41. The summed E-state index contributed by atoms with van der Waals surface area (Å²) in [5.74, 6) is 0.621. The van der Waals surface area contributed by atoms with Gasteiger partial charge in [-0.2, -0.15) is 4.98 Å². The van der Waals surface area contributed by atoms with Crippen molar-refractivity contribution in [2.45, 2.75) is 11.4 Å². The zero-order valence-electron chi connectivity index (χ0n) is 13.1. The van der Waals surface area contributed by atoms with Crippen LogP contribution in [0.1, 0.15) is 5.56 Å². The molecule has 0 unspecified atom stereocenters. The molecule has 9 nitrogen and oxygen atoms in total. The van der Waals surface area contributed by atoms with Gasteiger partial charge in [-0.1, -0.05) is 0 Å². The molecule has 3 aromatic rings. The summed E-state index contributed by atoms with van der Waals surface area (Å²) >= 11 is 0. The van der Waals surface area contributed by atoms with E-state index in [1.54, 1.807) is 17.3 Å². The van der Waals surface area contributed by atoms with Crippen LogP contribution in [0, 0.1) is 0 Å². The molecule has 0 aliphatic heterocycles. The molecule has 2 heterocycles. The van der Waals surface area contributed by atoms with E-state index in [1.807, 2.05) is 14.1 Å². The highest BCUT2D eigenvalue weighted by atomic mass is 32.2. The minimum atomic E-state index is -3.77. The summed E-state index contributed by atoms with van der Waals surface area (Å²) < 4.78 is 28.2. The number of nitrogens with two attached hydrogens (primary N) is 1. The topological polar surface area (TPSA) is 127 Å². The quantitative estimate of drug-likeness (QED) is 0.697. The Labute approximate surface area is 138 Å². The molecule has 1 aromatic carbocycles. The summed E-state index contributed by atoms with van der Waals surface area (Å²) in [6.45, 7) is 0.419.